The minimum absolute atomic E-state index is 0.178. The molecular formula is C15H23FN2. The Kier molecular flexibility index (Phi) is 5.12. The number of halogens is 1. The maximum Gasteiger partial charge on any atom is 0.141 e. The molecular weight excluding hydrogens is 227 g/mol. The van der Waals surface area contributed by atoms with Crippen molar-refractivity contribution in [2.24, 2.45) is 5.92 Å². The fraction of sp³-hybridized carbons (Fsp3) is 0.667. The smallest absolute Gasteiger partial charge is 0.141 e. The molecule has 100 valence electrons. The number of hydrogen-bond donors (Lipinski definition) is 1. The Hall–Kier alpha value is -0.960. The van der Waals surface area contributed by atoms with Gasteiger partial charge in [0.25, 0.3) is 0 Å². The van der Waals surface area contributed by atoms with Gasteiger partial charge in [0, 0.05) is 12.2 Å². The number of nitrogens with one attached hydrogen (secondary N) is 1. The van der Waals surface area contributed by atoms with E-state index in [-0.39, 0.29) is 11.9 Å². The van der Waals surface area contributed by atoms with Crippen molar-refractivity contribution in [1.29, 1.82) is 0 Å². The first kappa shape index (κ1) is 13.5. The van der Waals surface area contributed by atoms with E-state index >= 15 is 0 Å². The van der Waals surface area contributed by atoms with Crippen LogP contribution in [-0.2, 0) is 0 Å². The highest BCUT2D eigenvalue weighted by atomic mass is 19.1. The Morgan fingerprint density at radius 3 is 2.89 bits per heavy atom. The molecule has 3 heteroatoms. The Morgan fingerprint density at radius 2 is 2.17 bits per heavy atom. The SMILES string of the molecule is CC(NCCCC1CCCC1)c1cncc(F)c1. The first-order chi connectivity index (χ1) is 8.75. The second-order valence-corrected chi connectivity index (χ2v) is 5.41. The minimum Gasteiger partial charge on any atom is -0.310 e. The lowest BCUT2D eigenvalue weighted by Gasteiger charge is -2.15. The molecule has 2 rings (SSSR count). The van der Waals surface area contributed by atoms with Gasteiger partial charge in [-0.15, -0.1) is 0 Å². The third kappa shape index (κ3) is 4.05. The van der Waals surface area contributed by atoms with Gasteiger partial charge in [-0.05, 0) is 43.9 Å². The van der Waals surface area contributed by atoms with Gasteiger partial charge >= 0.3 is 0 Å². The molecule has 1 aliphatic carbocycles. The van der Waals surface area contributed by atoms with Gasteiger partial charge in [-0.25, -0.2) is 4.39 Å². The summed E-state index contributed by atoms with van der Waals surface area (Å²) in [7, 11) is 0. The van der Waals surface area contributed by atoms with Crippen LogP contribution in [0.1, 0.15) is 57.1 Å². The van der Waals surface area contributed by atoms with Crippen LogP contribution in [0.15, 0.2) is 18.5 Å². The van der Waals surface area contributed by atoms with Crippen molar-refractivity contribution in [3.05, 3.63) is 29.8 Å². The first-order valence-corrected chi connectivity index (χ1v) is 7.09. The molecule has 1 N–H and O–H groups in total. The Morgan fingerprint density at radius 1 is 1.39 bits per heavy atom. The van der Waals surface area contributed by atoms with E-state index in [1.54, 1.807) is 12.3 Å². The number of aromatic nitrogens is 1. The van der Waals surface area contributed by atoms with Crippen LogP contribution in [0.3, 0.4) is 0 Å². The zero-order chi connectivity index (χ0) is 12.8. The number of hydrogen-bond acceptors (Lipinski definition) is 2. The molecule has 1 unspecified atom stereocenters. The summed E-state index contributed by atoms with van der Waals surface area (Å²) in [4.78, 5) is 3.88. The van der Waals surface area contributed by atoms with Crippen molar-refractivity contribution in [2.75, 3.05) is 6.54 Å². The van der Waals surface area contributed by atoms with Crippen molar-refractivity contribution >= 4 is 0 Å². The lowest BCUT2D eigenvalue weighted by molar-refractivity contribution is 0.455. The second kappa shape index (κ2) is 6.83. The molecule has 0 aliphatic heterocycles. The van der Waals surface area contributed by atoms with Gasteiger partial charge in [0.2, 0.25) is 0 Å². The highest BCUT2D eigenvalue weighted by molar-refractivity contribution is 5.14. The molecule has 0 saturated heterocycles. The predicted octanol–water partition coefficient (Wildman–Crippen LogP) is 3.84. The molecule has 0 aromatic carbocycles. The molecule has 1 saturated carbocycles. The van der Waals surface area contributed by atoms with E-state index in [0.717, 1.165) is 18.0 Å². The van der Waals surface area contributed by atoms with E-state index in [0.29, 0.717) is 0 Å². The lowest BCUT2D eigenvalue weighted by Crippen LogP contribution is -2.20. The van der Waals surface area contributed by atoms with Crippen LogP contribution in [0.25, 0.3) is 0 Å². The minimum atomic E-state index is -0.257. The molecule has 1 aromatic rings. The van der Waals surface area contributed by atoms with Gasteiger partial charge in [-0.2, -0.15) is 0 Å². The third-order valence-corrected chi connectivity index (χ3v) is 3.94. The second-order valence-electron chi connectivity index (χ2n) is 5.41. The highest BCUT2D eigenvalue weighted by Crippen LogP contribution is 2.28. The van der Waals surface area contributed by atoms with E-state index in [9.17, 15) is 4.39 Å². The van der Waals surface area contributed by atoms with Gasteiger partial charge in [-0.3, -0.25) is 4.98 Å². The Balaban J connectivity index is 1.66. The van der Waals surface area contributed by atoms with Crippen LogP contribution in [0.2, 0.25) is 0 Å². The quantitative estimate of drug-likeness (QED) is 0.776. The Labute approximate surface area is 109 Å². The summed E-state index contributed by atoms with van der Waals surface area (Å²) in [5.74, 6) is 0.699. The monoisotopic (exact) mass is 250 g/mol. The molecule has 0 bridgehead atoms. The molecule has 0 radical (unpaired) electrons. The average Bonchev–Trinajstić information content (AvgIpc) is 2.87. The number of pyridine rings is 1. The highest BCUT2D eigenvalue weighted by Gasteiger charge is 2.14. The molecule has 2 nitrogen and oxygen atoms in total. The first-order valence-electron chi connectivity index (χ1n) is 7.09. The van der Waals surface area contributed by atoms with Crippen LogP contribution in [-0.4, -0.2) is 11.5 Å². The van der Waals surface area contributed by atoms with Gasteiger partial charge in [0.05, 0.1) is 6.20 Å². The number of rotatable bonds is 6. The van der Waals surface area contributed by atoms with E-state index in [2.05, 4.69) is 17.2 Å². The molecule has 0 amide bonds. The molecule has 1 heterocycles. The van der Waals surface area contributed by atoms with E-state index < -0.39 is 0 Å². The van der Waals surface area contributed by atoms with Crippen molar-refractivity contribution in [1.82, 2.24) is 10.3 Å². The van der Waals surface area contributed by atoms with Crippen LogP contribution >= 0.6 is 0 Å². The fourth-order valence-corrected chi connectivity index (χ4v) is 2.79. The van der Waals surface area contributed by atoms with Crippen LogP contribution < -0.4 is 5.32 Å². The third-order valence-electron chi connectivity index (χ3n) is 3.94. The normalized spacial score (nSPS) is 18.1. The van der Waals surface area contributed by atoms with Crippen molar-refractivity contribution in [3.8, 4) is 0 Å². The van der Waals surface area contributed by atoms with Crippen LogP contribution in [0.4, 0.5) is 4.39 Å². The molecule has 18 heavy (non-hydrogen) atoms. The summed E-state index contributed by atoms with van der Waals surface area (Å²) >= 11 is 0. The topological polar surface area (TPSA) is 24.9 Å². The largest absolute Gasteiger partial charge is 0.310 e. The summed E-state index contributed by atoms with van der Waals surface area (Å²) in [6, 6.07) is 1.73. The molecule has 1 fully saturated rings. The summed E-state index contributed by atoms with van der Waals surface area (Å²) < 4.78 is 13.0. The van der Waals surface area contributed by atoms with Crippen LogP contribution in [0.5, 0.6) is 0 Å². The molecule has 1 aliphatic rings. The van der Waals surface area contributed by atoms with Crippen molar-refractivity contribution < 1.29 is 4.39 Å². The van der Waals surface area contributed by atoms with Crippen molar-refractivity contribution in [2.45, 2.75) is 51.5 Å². The van der Waals surface area contributed by atoms with Gasteiger partial charge in [0.1, 0.15) is 5.82 Å². The molecule has 1 aromatic heterocycles. The van der Waals surface area contributed by atoms with E-state index in [1.807, 2.05) is 0 Å². The van der Waals surface area contributed by atoms with Gasteiger partial charge in [-0.1, -0.05) is 25.7 Å². The van der Waals surface area contributed by atoms with E-state index in [4.69, 9.17) is 0 Å². The van der Waals surface area contributed by atoms with Gasteiger partial charge in [0.15, 0.2) is 0 Å². The average molecular weight is 250 g/mol. The predicted molar refractivity (Wildman–Crippen MR) is 71.8 cm³/mol. The zero-order valence-corrected chi connectivity index (χ0v) is 11.2. The Bertz CT molecular complexity index is 361. The van der Waals surface area contributed by atoms with Gasteiger partial charge < -0.3 is 5.32 Å². The standard InChI is InChI=1S/C15H23FN2/c1-12(14-9-15(16)11-17-10-14)18-8-4-7-13-5-2-3-6-13/h9-13,18H,2-8H2,1H3. The zero-order valence-electron chi connectivity index (χ0n) is 11.2. The summed E-state index contributed by atoms with van der Waals surface area (Å²) in [6.45, 7) is 3.07. The maximum absolute atomic E-state index is 13.0. The molecule has 0 spiro atoms. The van der Waals surface area contributed by atoms with E-state index in [1.165, 1.54) is 44.7 Å². The summed E-state index contributed by atoms with van der Waals surface area (Å²) in [5.41, 5.74) is 0.927. The summed E-state index contributed by atoms with van der Waals surface area (Å²) in [6.07, 6.45) is 11.2. The number of nitrogens with zero attached hydrogens (tertiary/aromatic N) is 1. The lowest BCUT2D eigenvalue weighted by atomic mass is 10.0. The fourth-order valence-electron chi connectivity index (χ4n) is 2.79. The maximum atomic E-state index is 13.0. The summed E-state index contributed by atoms with van der Waals surface area (Å²) in [5, 5.41) is 3.44. The van der Waals surface area contributed by atoms with Crippen molar-refractivity contribution in [3.63, 3.8) is 0 Å². The molecule has 1 atom stereocenters. The van der Waals surface area contributed by atoms with Crippen LogP contribution in [0, 0.1) is 11.7 Å².